The van der Waals surface area contributed by atoms with Gasteiger partial charge in [0, 0.05) is 23.9 Å². The number of ketones is 1. The lowest BCUT2D eigenvalue weighted by Crippen LogP contribution is -2.54. The maximum Gasteiger partial charge on any atom is 0.340 e. The molecule has 2 heterocycles. The molecule has 1 aliphatic heterocycles. The van der Waals surface area contributed by atoms with E-state index in [0.29, 0.717) is 24.2 Å². The van der Waals surface area contributed by atoms with Crippen molar-refractivity contribution in [3.05, 3.63) is 78.1 Å². The molecule has 1 aliphatic rings. The molecule has 6 heteroatoms. The Morgan fingerprint density at radius 2 is 1.65 bits per heavy atom. The number of nitrogens with zero attached hydrogens (tertiary/aromatic N) is 2. The van der Waals surface area contributed by atoms with E-state index in [1.807, 2.05) is 79.3 Å². The summed E-state index contributed by atoms with van der Waals surface area (Å²) in [6, 6.07) is 16.8. The number of benzene rings is 2. The zero-order chi connectivity index (χ0) is 22.0. The van der Waals surface area contributed by atoms with Crippen molar-refractivity contribution < 1.29 is 19.1 Å². The number of carbonyl (C=O) groups is 2. The summed E-state index contributed by atoms with van der Waals surface area (Å²) < 4.78 is 13.0. The van der Waals surface area contributed by atoms with Crippen LogP contribution in [0, 0.1) is 5.92 Å². The van der Waals surface area contributed by atoms with Crippen LogP contribution >= 0.6 is 0 Å². The van der Waals surface area contributed by atoms with Gasteiger partial charge in [-0.3, -0.25) is 4.79 Å². The third-order valence-electron chi connectivity index (χ3n) is 5.44. The van der Waals surface area contributed by atoms with Gasteiger partial charge in [0.15, 0.2) is 5.78 Å². The fourth-order valence-corrected chi connectivity index (χ4v) is 3.75. The molecule has 0 radical (unpaired) electrons. The topological polar surface area (TPSA) is 60.8 Å². The van der Waals surface area contributed by atoms with Crippen molar-refractivity contribution in [2.24, 2.45) is 5.92 Å². The van der Waals surface area contributed by atoms with Gasteiger partial charge in [0.05, 0.1) is 37.1 Å². The monoisotopic (exact) mass is 418 g/mol. The summed E-state index contributed by atoms with van der Waals surface area (Å²) >= 11 is 0. The second-order valence-corrected chi connectivity index (χ2v) is 7.94. The molecule has 0 spiro atoms. The van der Waals surface area contributed by atoms with Crippen LogP contribution in [0.1, 0.15) is 34.6 Å². The average molecular weight is 418 g/mol. The number of methoxy groups -OCH3 is 1. The summed E-state index contributed by atoms with van der Waals surface area (Å²) in [5.74, 6) is 0.486. The second-order valence-electron chi connectivity index (χ2n) is 7.94. The number of rotatable bonds is 7. The third kappa shape index (κ3) is 4.19. The maximum atomic E-state index is 12.3. The molecule has 0 aliphatic carbocycles. The second kappa shape index (κ2) is 8.68. The van der Waals surface area contributed by atoms with E-state index in [4.69, 9.17) is 9.47 Å². The van der Waals surface area contributed by atoms with Crippen molar-refractivity contribution in [2.45, 2.75) is 20.0 Å². The van der Waals surface area contributed by atoms with E-state index in [1.165, 1.54) is 7.11 Å². The molecule has 3 aromatic rings. The Hall–Kier alpha value is -3.54. The molecule has 0 saturated carbocycles. The SMILES string of the molecule is COC(=O)c1cccc(N2CC(Oc3ccc(C(=O)C(C)C)cc3)C2)c1-n1cccc1. The fourth-order valence-electron chi connectivity index (χ4n) is 3.75. The van der Waals surface area contributed by atoms with E-state index < -0.39 is 0 Å². The molecule has 0 atom stereocenters. The summed E-state index contributed by atoms with van der Waals surface area (Å²) in [7, 11) is 1.39. The van der Waals surface area contributed by atoms with Crippen molar-refractivity contribution >= 4 is 17.4 Å². The number of hydrogen-bond donors (Lipinski definition) is 0. The average Bonchev–Trinajstić information content (AvgIpc) is 3.29. The molecule has 1 aromatic heterocycles. The van der Waals surface area contributed by atoms with Crippen LogP contribution in [0.15, 0.2) is 67.0 Å². The first-order valence-electron chi connectivity index (χ1n) is 10.4. The molecule has 2 aromatic carbocycles. The summed E-state index contributed by atoms with van der Waals surface area (Å²) in [6.45, 7) is 5.19. The Morgan fingerprint density at radius 1 is 0.968 bits per heavy atom. The van der Waals surface area contributed by atoms with E-state index in [2.05, 4.69) is 4.90 Å². The van der Waals surface area contributed by atoms with Gasteiger partial charge in [-0.25, -0.2) is 4.79 Å². The van der Waals surface area contributed by atoms with E-state index >= 15 is 0 Å². The Morgan fingerprint density at radius 3 is 2.26 bits per heavy atom. The summed E-state index contributed by atoms with van der Waals surface area (Å²) in [5.41, 5.74) is 2.98. The number of hydrogen-bond acceptors (Lipinski definition) is 5. The zero-order valence-electron chi connectivity index (χ0n) is 17.9. The van der Waals surface area contributed by atoms with Gasteiger partial charge >= 0.3 is 5.97 Å². The van der Waals surface area contributed by atoms with E-state index in [0.717, 1.165) is 17.1 Å². The van der Waals surface area contributed by atoms with Crippen molar-refractivity contribution in [3.8, 4) is 11.4 Å². The van der Waals surface area contributed by atoms with Gasteiger partial charge in [-0.1, -0.05) is 19.9 Å². The molecule has 6 nitrogen and oxygen atoms in total. The number of anilines is 1. The first-order chi connectivity index (χ1) is 15.0. The van der Waals surface area contributed by atoms with Gasteiger partial charge < -0.3 is 18.9 Å². The summed E-state index contributed by atoms with van der Waals surface area (Å²) in [6.07, 6.45) is 3.86. The predicted molar refractivity (Wildman–Crippen MR) is 119 cm³/mol. The van der Waals surface area contributed by atoms with Crippen LogP contribution in [0.5, 0.6) is 5.75 Å². The molecule has 1 fully saturated rings. The number of aromatic nitrogens is 1. The van der Waals surface area contributed by atoms with Crippen LogP contribution in [0.3, 0.4) is 0 Å². The van der Waals surface area contributed by atoms with Crippen molar-refractivity contribution in [1.29, 1.82) is 0 Å². The van der Waals surface area contributed by atoms with Gasteiger partial charge in [-0.2, -0.15) is 0 Å². The number of carbonyl (C=O) groups excluding carboxylic acids is 2. The Balaban J connectivity index is 1.48. The van der Waals surface area contributed by atoms with Gasteiger partial charge in [0.2, 0.25) is 0 Å². The lowest BCUT2D eigenvalue weighted by Gasteiger charge is -2.41. The molecule has 0 N–H and O–H groups in total. The molecule has 0 amide bonds. The highest BCUT2D eigenvalue weighted by atomic mass is 16.5. The molecule has 160 valence electrons. The van der Waals surface area contributed by atoms with Crippen LogP contribution in [-0.4, -0.2) is 42.6 Å². The zero-order valence-corrected chi connectivity index (χ0v) is 17.9. The van der Waals surface area contributed by atoms with Crippen LogP contribution in [0.2, 0.25) is 0 Å². The Bertz CT molecular complexity index is 1070. The minimum atomic E-state index is -0.366. The fraction of sp³-hybridized carbons (Fsp3) is 0.280. The highest BCUT2D eigenvalue weighted by molar-refractivity contribution is 5.97. The molecule has 0 bridgehead atoms. The van der Waals surface area contributed by atoms with E-state index in [9.17, 15) is 9.59 Å². The highest BCUT2D eigenvalue weighted by Crippen LogP contribution is 2.33. The number of ether oxygens (including phenoxy) is 2. The van der Waals surface area contributed by atoms with E-state index in [-0.39, 0.29) is 23.8 Å². The Kier molecular flexibility index (Phi) is 5.80. The normalized spacial score (nSPS) is 13.7. The molecule has 0 unspecified atom stereocenters. The predicted octanol–water partition coefficient (Wildman–Crippen LogP) is 4.37. The third-order valence-corrected chi connectivity index (χ3v) is 5.44. The van der Waals surface area contributed by atoms with Crippen molar-refractivity contribution in [3.63, 3.8) is 0 Å². The quantitative estimate of drug-likeness (QED) is 0.421. The van der Waals surface area contributed by atoms with E-state index in [1.54, 1.807) is 6.07 Å². The van der Waals surface area contributed by atoms with Gasteiger partial charge in [0.25, 0.3) is 0 Å². The molecular formula is C25H26N2O4. The minimum Gasteiger partial charge on any atom is -0.487 e. The van der Waals surface area contributed by atoms with Crippen molar-refractivity contribution in [1.82, 2.24) is 4.57 Å². The lowest BCUT2D eigenvalue weighted by molar-refractivity contribution is 0.0600. The number of esters is 1. The molecular weight excluding hydrogens is 392 g/mol. The summed E-state index contributed by atoms with van der Waals surface area (Å²) in [4.78, 5) is 26.6. The molecule has 1 saturated heterocycles. The summed E-state index contributed by atoms with van der Waals surface area (Å²) in [5, 5.41) is 0. The number of para-hydroxylation sites is 1. The number of Topliss-reactive ketones (excluding diaryl/α,β-unsaturated/α-hetero) is 1. The lowest BCUT2D eigenvalue weighted by atomic mass is 10.0. The smallest absolute Gasteiger partial charge is 0.340 e. The van der Waals surface area contributed by atoms with Gasteiger partial charge in [-0.05, 0) is 48.5 Å². The first-order valence-corrected chi connectivity index (χ1v) is 10.4. The molecule has 4 rings (SSSR count). The van der Waals surface area contributed by atoms with Crippen LogP contribution < -0.4 is 9.64 Å². The minimum absolute atomic E-state index is 0.0257. The highest BCUT2D eigenvalue weighted by Gasteiger charge is 2.32. The molecule has 31 heavy (non-hydrogen) atoms. The van der Waals surface area contributed by atoms with Crippen LogP contribution in [-0.2, 0) is 4.74 Å². The standard InChI is InChI=1S/C25H26N2O4/c1-17(2)24(28)18-9-11-19(12-10-18)31-20-15-27(16-20)22-8-6-7-21(25(29)30-3)23(22)26-13-4-5-14-26/h4-14,17,20H,15-16H2,1-3H3. The van der Waals surface area contributed by atoms with Gasteiger partial charge in [0.1, 0.15) is 11.9 Å². The maximum absolute atomic E-state index is 12.3. The van der Waals surface area contributed by atoms with Crippen LogP contribution in [0.25, 0.3) is 5.69 Å². The first kappa shape index (κ1) is 20.7. The largest absolute Gasteiger partial charge is 0.487 e. The van der Waals surface area contributed by atoms with Crippen LogP contribution in [0.4, 0.5) is 5.69 Å². The van der Waals surface area contributed by atoms with Crippen molar-refractivity contribution in [2.75, 3.05) is 25.1 Å². The van der Waals surface area contributed by atoms with Gasteiger partial charge in [-0.15, -0.1) is 0 Å². The Labute approximate surface area is 182 Å².